The molecule has 1 amide bonds. The number of ketones is 3. The summed E-state index contributed by atoms with van der Waals surface area (Å²) < 4.78 is 23.5. The number of methoxy groups -OCH3 is 2. The van der Waals surface area contributed by atoms with E-state index in [9.17, 15) is 39.3 Å². The first-order chi connectivity index (χ1) is 29.8. The van der Waals surface area contributed by atoms with Crippen molar-refractivity contribution >= 4 is 29.2 Å². The molecule has 13 heteroatoms. The molecule has 4 rings (SSSR count). The zero-order chi connectivity index (χ0) is 46.6. The number of aliphatic hydroxyl groups is 3. The number of piperidine rings is 1. The number of esters is 1. The molecule has 63 heavy (non-hydrogen) atoms. The molecular formula is C50H77NO12. The van der Waals surface area contributed by atoms with Crippen LogP contribution in [0.15, 0.2) is 47.6 Å². The Morgan fingerprint density at radius 2 is 1.62 bits per heavy atom. The van der Waals surface area contributed by atoms with E-state index in [1.807, 2.05) is 58.1 Å². The predicted molar refractivity (Wildman–Crippen MR) is 239 cm³/mol. The van der Waals surface area contributed by atoms with Crippen molar-refractivity contribution in [2.24, 2.45) is 35.5 Å². The van der Waals surface area contributed by atoms with Crippen molar-refractivity contribution in [3.05, 3.63) is 47.6 Å². The minimum Gasteiger partial charge on any atom is -0.460 e. The minimum absolute atomic E-state index is 0.0501. The first-order valence-electron chi connectivity index (χ1n) is 23.4. The summed E-state index contributed by atoms with van der Waals surface area (Å²) in [4.78, 5) is 71.4. The third-order valence-electron chi connectivity index (χ3n) is 14.1. The lowest BCUT2D eigenvalue weighted by Crippen LogP contribution is -2.60. The summed E-state index contributed by atoms with van der Waals surface area (Å²) >= 11 is 0. The van der Waals surface area contributed by atoms with Crippen molar-refractivity contribution < 1.29 is 58.2 Å². The fourth-order valence-corrected chi connectivity index (χ4v) is 9.82. The van der Waals surface area contributed by atoms with Crippen LogP contribution in [0.3, 0.4) is 0 Å². The van der Waals surface area contributed by atoms with E-state index in [-0.39, 0.29) is 54.8 Å². The Kier molecular flexibility index (Phi) is 20.1. The normalized spacial score (nSPS) is 40.1. The van der Waals surface area contributed by atoms with Crippen LogP contribution in [-0.4, -0.2) is 119 Å². The molecule has 2 bridgehead atoms. The third kappa shape index (κ3) is 14.1. The molecule has 354 valence electrons. The van der Waals surface area contributed by atoms with Crippen LogP contribution in [0.4, 0.5) is 0 Å². The highest BCUT2D eigenvalue weighted by molar-refractivity contribution is 6.39. The molecule has 0 aromatic heterocycles. The van der Waals surface area contributed by atoms with Gasteiger partial charge in [-0.2, -0.15) is 0 Å². The second-order valence-electron chi connectivity index (χ2n) is 19.3. The summed E-state index contributed by atoms with van der Waals surface area (Å²) in [5, 5.41) is 33.7. The van der Waals surface area contributed by atoms with Crippen LogP contribution in [0.1, 0.15) is 132 Å². The molecule has 2 unspecified atom stereocenters. The summed E-state index contributed by atoms with van der Waals surface area (Å²) in [6.45, 7) is 12.9. The van der Waals surface area contributed by atoms with E-state index in [1.54, 1.807) is 34.0 Å². The fraction of sp³-hybridized carbons (Fsp3) is 0.740. The van der Waals surface area contributed by atoms with Crippen molar-refractivity contribution in [2.75, 3.05) is 20.8 Å². The number of aliphatic hydroxyl groups excluding tert-OH is 2. The minimum atomic E-state index is -2.36. The van der Waals surface area contributed by atoms with Gasteiger partial charge >= 0.3 is 5.97 Å². The van der Waals surface area contributed by atoms with Gasteiger partial charge in [-0.15, -0.1) is 0 Å². The number of allylic oxidation sites excluding steroid dienone is 7. The van der Waals surface area contributed by atoms with Gasteiger partial charge in [0.15, 0.2) is 5.78 Å². The molecule has 14 atom stereocenters. The lowest BCUT2D eigenvalue weighted by Gasteiger charge is -2.42. The predicted octanol–water partition coefficient (Wildman–Crippen LogP) is 6.56. The van der Waals surface area contributed by atoms with Crippen LogP contribution >= 0.6 is 0 Å². The SMILES string of the molecule is CO[C@@H]1CC(C[C@@H](C)[C@@H]2CC(=O)[C@H](C)/C=C(\C)[C@@H](O)[C@@H](OC)C(=O)[C@H](C)C[C@H](C)/C=C/C=C/C=C(\C)CC[C@@H]3CC[C@@H](C)[C@@](O)(O3)C(=O)C(=O)N3CCCCC3C(=O)O2)CC[C@H]1O. The largest absolute Gasteiger partial charge is 0.460 e. The monoisotopic (exact) mass is 884 g/mol. The van der Waals surface area contributed by atoms with Gasteiger partial charge in [-0.1, -0.05) is 76.6 Å². The lowest BCUT2D eigenvalue weighted by molar-refractivity contribution is -0.263. The van der Waals surface area contributed by atoms with Gasteiger partial charge in [0.25, 0.3) is 11.7 Å². The van der Waals surface area contributed by atoms with Crippen molar-refractivity contribution in [3.8, 4) is 0 Å². The maximum absolute atomic E-state index is 14.3. The second kappa shape index (κ2) is 24.3. The lowest BCUT2D eigenvalue weighted by atomic mass is 9.78. The molecule has 3 heterocycles. The zero-order valence-corrected chi connectivity index (χ0v) is 39.3. The molecule has 1 aliphatic carbocycles. The summed E-state index contributed by atoms with van der Waals surface area (Å²) in [6.07, 6.45) is 13.1. The summed E-state index contributed by atoms with van der Waals surface area (Å²) in [7, 11) is 2.95. The number of rotatable bonds is 5. The Morgan fingerprint density at radius 1 is 0.889 bits per heavy atom. The maximum atomic E-state index is 14.3. The first-order valence-corrected chi connectivity index (χ1v) is 23.4. The van der Waals surface area contributed by atoms with Crippen molar-refractivity contribution in [1.29, 1.82) is 0 Å². The Morgan fingerprint density at radius 3 is 2.32 bits per heavy atom. The van der Waals surface area contributed by atoms with E-state index < -0.39 is 77.8 Å². The molecule has 0 aromatic rings. The van der Waals surface area contributed by atoms with Gasteiger partial charge in [0.2, 0.25) is 5.79 Å². The standard InChI is InChI=1S/C50H77NO12/c1-30-15-11-10-12-16-31(2)25-34(5)44(54)46(61-9)45(55)35(6)26-32(3)41(53)29-42(33(4)27-37-20-23-40(52)43(28-37)60-8)62-49(58)39-17-13-14-24-51(39)48(57)47(56)50(59)36(7)19-22-38(63-50)21-18-30/h10-12,15-16,26,31-34,36-40,42-43,45-46,52,55,59H,13-14,17-25,27-29H2,1-9H3/b11-10+,16-12+,30-15+,35-26+/t31-,32-,33-,34-,36-,37?,38-,39?,40-,42+,43-,45-,46+,50-/m1/s1. The molecule has 4 aliphatic rings. The Balaban J connectivity index is 1.67. The van der Waals surface area contributed by atoms with Crippen LogP contribution < -0.4 is 0 Å². The quantitative estimate of drug-likeness (QED) is 0.154. The Labute approximate surface area is 375 Å². The van der Waals surface area contributed by atoms with Crippen LogP contribution in [0.2, 0.25) is 0 Å². The van der Waals surface area contributed by atoms with Gasteiger partial charge in [0.1, 0.15) is 30.1 Å². The van der Waals surface area contributed by atoms with E-state index in [4.69, 9.17) is 18.9 Å². The van der Waals surface area contributed by atoms with Crippen LogP contribution in [0, 0.1) is 35.5 Å². The molecule has 2 saturated heterocycles. The average molecular weight is 884 g/mol. The van der Waals surface area contributed by atoms with Gasteiger partial charge in [0.05, 0.1) is 18.3 Å². The molecule has 13 nitrogen and oxygen atoms in total. The molecule has 3 aliphatic heterocycles. The number of ether oxygens (including phenoxy) is 4. The van der Waals surface area contributed by atoms with Crippen molar-refractivity contribution in [3.63, 3.8) is 0 Å². The maximum Gasteiger partial charge on any atom is 0.329 e. The number of hydrogen-bond donors (Lipinski definition) is 3. The van der Waals surface area contributed by atoms with E-state index in [0.29, 0.717) is 69.8 Å². The molecular weight excluding hydrogens is 807 g/mol. The smallest absolute Gasteiger partial charge is 0.329 e. The number of hydrogen-bond acceptors (Lipinski definition) is 12. The molecule has 0 aromatic carbocycles. The summed E-state index contributed by atoms with van der Waals surface area (Å²) in [5.41, 5.74) is 1.46. The Hall–Kier alpha value is -3.33. The van der Waals surface area contributed by atoms with Crippen LogP contribution in [0.5, 0.6) is 0 Å². The van der Waals surface area contributed by atoms with Crippen LogP contribution in [-0.2, 0) is 42.9 Å². The molecule has 0 spiro atoms. The number of amides is 1. The highest BCUT2D eigenvalue weighted by Gasteiger charge is 2.53. The van der Waals surface area contributed by atoms with Crippen molar-refractivity contribution in [2.45, 2.75) is 180 Å². The molecule has 3 fully saturated rings. The molecule has 3 N–H and O–H groups in total. The van der Waals surface area contributed by atoms with E-state index in [2.05, 4.69) is 0 Å². The summed E-state index contributed by atoms with van der Waals surface area (Å²) in [5.74, 6) is -7.65. The van der Waals surface area contributed by atoms with Crippen LogP contribution in [0.25, 0.3) is 0 Å². The number of nitrogens with zero attached hydrogens (tertiary/aromatic N) is 1. The number of fused-ring (bicyclic) bond motifs is 3. The highest BCUT2D eigenvalue weighted by Crippen LogP contribution is 2.37. The van der Waals surface area contributed by atoms with E-state index >= 15 is 0 Å². The number of carbonyl (C=O) groups excluding carboxylic acids is 5. The van der Waals surface area contributed by atoms with E-state index in [1.165, 1.54) is 12.0 Å². The third-order valence-corrected chi connectivity index (χ3v) is 14.1. The van der Waals surface area contributed by atoms with Crippen molar-refractivity contribution in [1.82, 2.24) is 4.90 Å². The number of cyclic esters (lactones) is 1. The zero-order valence-electron chi connectivity index (χ0n) is 39.3. The fourth-order valence-electron chi connectivity index (χ4n) is 9.82. The second-order valence-corrected chi connectivity index (χ2v) is 19.3. The number of carbonyl (C=O) groups is 5. The van der Waals surface area contributed by atoms with Gasteiger partial charge in [-0.25, -0.2) is 4.79 Å². The molecule has 0 radical (unpaired) electrons. The topological polar surface area (TPSA) is 186 Å². The van der Waals surface area contributed by atoms with E-state index in [0.717, 1.165) is 12.0 Å². The first kappa shape index (κ1) is 52.3. The highest BCUT2D eigenvalue weighted by atomic mass is 16.6. The molecule has 1 saturated carbocycles. The van der Waals surface area contributed by atoms with Gasteiger partial charge in [0, 0.05) is 44.9 Å². The average Bonchev–Trinajstić information content (AvgIpc) is 3.26. The summed E-state index contributed by atoms with van der Waals surface area (Å²) in [6, 6.07) is -1.11. The number of Topliss-reactive ketones (excluding diaryl/α,β-unsaturated/α-hetero) is 3. The van der Waals surface area contributed by atoms with Gasteiger partial charge in [-0.05, 0) is 114 Å². The van der Waals surface area contributed by atoms with Gasteiger partial charge in [-0.3, -0.25) is 19.2 Å². The Bertz CT molecular complexity index is 1700. The van der Waals surface area contributed by atoms with Gasteiger partial charge < -0.3 is 39.2 Å².